The van der Waals surface area contributed by atoms with E-state index in [0.717, 1.165) is 17.4 Å². The minimum Gasteiger partial charge on any atom is -0.321 e. The van der Waals surface area contributed by atoms with Gasteiger partial charge in [0.05, 0.1) is 22.3 Å². The summed E-state index contributed by atoms with van der Waals surface area (Å²) in [5.41, 5.74) is -4.05. The van der Waals surface area contributed by atoms with Crippen LogP contribution < -0.4 is 5.32 Å². The molecule has 2 rings (SSSR count). The molecule has 0 aliphatic carbocycles. The quantitative estimate of drug-likeness (QED) is 0.707. The van der Waals surface area contributed by atoms with E-state index < -0.39 is 29.4 Å². The first-order valence-corrected chi connectivity index (χ1v) is 7.76. The van der Waals surface area contributed by atoms with Gasteiger partial charge in [0.1, 0.15) is 4.88 Å². The Kier molecular flexibility index (Phi) is 5.12. The molecule has 0 saturated carbocycles. The molecule has 1 amide bonds. The molecule has 136 valence electrons. The number of anilines is 1. The smallest absolute Gasteiger partial charge is 0.321 e. The van der Waals surface area contributed by atoms with Crippen LogP contribution in [0.2, 0.25) is 0 Å². The lowest BCUT2D eigenvalue weighted by Gasteiger charge is -2.16. The van der Waals surface area contributed by atoms with Crippen LogP contribution in [0.1, 0.15) is 45.6 Å². The van der Waals surface area contributed by atoms with Crippen LogP contribution >= 0.6 is 11.3 Å². The van der Waals surface area contributed by atoms with Crippen molar-refractivity contribution < 1.29 is 31.1 Å². The molecule has 1 aromatic heterocycles. The van der Waals surface area contributed by atoms with Crippen molar-refractivity contribution in [2.45, 2.75) is 32.1 Å². The highest BCUT2D eigenvalue weighted by Gasteiger charge is 2.43. The highest BCUT2D eigenvalue weighted by atomic mass is 32.1. The first-order valence-electron chi connectivity index (χ1n) is 6.95. The van der Waals surface area contributed by atoms with Gasteiger partial charge in [-0.15, -0.1) is 11.3 Å². The van der Waals surface area contributed by atoms with Crippen molar-refractivity contribution in [3.63, 3.8) is 0 Å². The number of amides is 1. The Labute approximate surface area is 142 Å². The summed E-state index contributed by atoms with van der Waals surface area (Å²) in [4.78, 5) is 16.2. The molecule has 0 saturated heterocycles. The van der Waals surface area contributed by atoms with E-state index in [-0.39, 0.29) is 22.5 Å². The minimum atomic E-state index is -5.21. The molecule has 1 aromatic carbocycles. The Hall–Kier alpha value is -2.10. The van der Waals surface area contributed by atoms with Gasteiger partial charge in [0.2, 0.25) is 0 Å². The van der Waals surface area contributed by atoms with Crippen LogP contribution in [0, 0.1) is 0 Å². The Bertz CT molecular complexity index is 779. The molecule has 10 heteroatoms. The first-order chi connectivity index (χ1) is 11.4. The topological polar surface area (TPSA) is 42.0 Å². The Morgan fingerprint density at radius 3 is 2.16 bits per heavy atom. The zero-order chi connectivity index (χ0) is 19.0. The average molecular weight is 382 g/mol. The van der Waals surface area contributed by atoms with E-state index >= 15 is 0 Å². The number of carbonyl (C=O) groups excluding carboxylic acids is 1. The molecule has 0 aliphatic rings. The third-order valence-corrected chi connectivity index (χ3v) is 4.43. The summed E-state index contributed by atoms with van der Waals surface area (Å²) in [6, 6.07) is 1.34. The number of hydrogen-bond acceptors (Lipinski definition) is 3. The molecule has 1 heterocycles. The Morgan fingerprint density at radius 2 is 1.68 bits per heavy atom. The first kappa shape index (κ1) is 19.2. The average Bonchev–Trinajstić information content (AvgIpc) is 2.95. The van der Waals surface area contributed by atoms with Gasteiger partial charge in [-0.25, -0.2) is 4.98 Å². The molecular weight excluding hydrogens is 370 g/mol. The standard InChI is InChI=1S/C15H12F6N2OS/c1-7(2)13-22-6-11(25-13)12(24)23-8-3-4-9(14(16,17)18)10(5-8)15(19,20)21/h3-7H,1-2H3,(H,23,24). The lowest BCUT2D eigenvalue weighted by molar-refractivity contribution is -0.162. The van der Waals surface area contributed by atoms with Gasteiger partial charge < -0.3 is 5.32 Å². The van der Waals surface area contributed by atoms with Gasteiger partial charge in [-0.05, 0) is 18.2 Å². The van der Waals surface area contributed by atoms with Gasteiger partial charge in [0, 0.05) is 11.6 Å². The number of nitrogens with one attached hydrogen (secondary N) is 1. The summed E-state index contributed by atoms with van der Waals surface area (Å²) in [6.07, 6.45) is -9.10. The maximum atomic E-state index is 12.9. The van der Waals surface area contributed by atoms with E-state index in [1.807, 2.05) is 13.8 Å². The largest absolute Gasteiger partial charge is 0.417 e. The van der Waals surface area contributed by atoms with Gasteiger partial charge in [0.25, 0.3) is 5.91 Å². The number of halogens is 6. The van der Waals surface area contributed by atoms with Crippen molar-refractivity contribution in [1.29, 1.82) is 0 Å². The SMILES string of the molecule is CC(C)c1ncc(C(=O)Nc2ccc(C(F)(F)F)c(C(F)(F)F)c2)s1. The molecule has 25 heavy (non-hydrogen) atoms. The predicted octanol–water partition coefficient (Wildman–Crippen LogP) is 5.56. The molecule has 0 spiro atoms. The normalized spacial score (nSPS) is 12.5. The van der Waals surface area contributed by atoms with E-state index in [1.54, 1.807) is 0 Å². The minimum absolute atomic E-state index is 0.0643. The van der Waals surface area contributed by atoms with Crippen LogP contribution in [0.25, 0.3) is 0 Å². The molecule has 0 fully saturated rings. The molecule has 0 unspecified atom stereocenters. The van der Waals surface area contributed by atoms with Gasteiger partial charge in [-0.2, -0.15) is 26.3 Å². The second-order valence-corrected chi connectivity index (χ2v) is 6.49. The predicted molar refractivity (Wildman–Crippen MR) is 80.6 cm³/mol. The monoisotopic (exact) mass is 382 g/mol. The number of hydrogen-bond donors (Lipinski definition) is 1. The summed E-state index contributed by atoms with van der Waals surface area (Å²) in [5, 5.41) is 2.83. The summed E-state index contributed by atoms with van der Waals surface area (Å²) < 4.78 is 76.8. The fourth-order valence-corrected chi connectivity index (χ4v) is 2.77. The molecule has 1 N–H and O–H groups in total. The fourth-order valence-electron chi connectivity index (χ4n) is 1.96. The van der Waals surface area contributed by atoms with E-state index in [2.05, 4.69) is 10.3 Å². The number of thiazole rings is 1. The van der Waals surface area contributed by atoms with E-state index in [9.17, 15) is 31.1 Å². The zero-order valence-corrected chi connectivity index (χ0v) is 13.7. The van der Waals surface area contributed by atoms with Gasteiger partial charge in [0.15, 0.2) is 0 Å². The molecule has 0 radical (unpaired) electrons. The second kappa shape index (κ2) is 6.66. The molecular formula is C15H12F6N2OS. The maximum Gasteiger partial charge on any atom is 0.417 e. The molecule has 2 aromatic rings. The number of benzene rings is 1. The second-order valence-electron chi connectivity index (χ2n) is 5.43. The van der Waals surface area contributed by atoms with Crippen LogP contribution in [-0.4, -0.2) is 10.9 Å². The van der Waals surface area contributed by atoms with Crippen LogP contribution in [0.4, 0.5) is 32.0 Å². The summed E-state index contributed by atoms with van der Waals surface area (Å²) in [5.74, 6) is -0.674. The number of aromatic nitrogens is 1. The third kappa shape index (κ3) is 4.50. The number of carbonyl (C=O) groups is 1. The fraction of sp³-hybridized carbons (Fsp3) is 0.333. The maximum absolute atomic E-state index is 12.9. The van der Waals surface area contributed by atoms with Crippen molar-refractivity contribution in [3.05, 3.63) is 45.4 Å². The van der Waals surface area contributed by atoms with Crippen molar-refractivity contribution in [2.24, 2.45) is 0 Å². The van der Waals surface area contributed by atoms with Crippen molar-refractivity contribution in [3.8, 4) is 0 Å². The third-order valence-electron chi connectivity index (χ3n) is 3.13. The van der Waals surface area contributed by atoms with Crippen molar-refractivity contribution >= 4 is 22.9 Å². The highest BCUT2D eigenvalue weighted by molar-refractivity contribution is 7.13. The van der Waals surface area contributed by atoms with Gasteiger partial charge in [-0.1, -0.05) is 13.8 Å². The lowest BCUT2D eigenvalue weighted by atomic mass is 10.1. The van der Waals surface area contributed by atoms with Crippen molar-refractivity contribution in [1.82, 2.24) is 4.98 Å². The van der Waals surface area contributed by atoms with E-state index in [0.29, 0.717) is 11.1 Å². The molecule has 3 nitrogen and oxygen atoms in total. The van der Waals surface area contributed by atoms with Crippen LogP contribution in [0.3, 0.4) is 0 Å². The lowest BCUT2D eigenvalue weighted by Crippen LogP contribution is -2.18. The number of alkyl halides is 6. The van der Waals surface area contributed by atoms with Gasteiger partial charge >= 0.3 is 12.4 Å². The molecule has 0 aliphatic heterocycles. The number of rotatable bonds is 3. The highest BCUT2D eigenvalue weighted by Crippen LogP contribution is 2.41. The van der Waals surface area contributed by atoms with Crippen molar-refractivity contribution in [2.75, 3.05) is 5.32 Å². The van der Waals surface area contributed by atoms with Crippen LogP contribution in [0.15, 0.2) is 24.4 Å². The summed E-state index contributed by atoms with van der Waals surface area (Å²) in [7, 11) is 0. The summed E-state index contributed by atoms with van der Waals surface area (Å²) >= 11 is 1.06. The van der Waals surface area contributed by atoms with E-state index in [4.69, 9.17) is 0 Å². The van der Waals surface area contributed by atoms with Crippen LogP contribution in [-0.2, 0) is 12.4 Å². The Morgan fingerprint density at radius 1 is 1.08 bits per heavy atom. The molecule has 0 bridgehead atoms. The van der Waals surface area contributed by atoms with Gasteiger partial charge in [-0.3, -0.25) is 4.79 Å². The van der Waals surface area contributed by atoms with E-state index in [1.165, 1.54) is 6.20 Å². The molecule has 0 atom stereocenters. The number of nitrogens with zero attached hydrogens (tertiary/aromatic N) is 1. The zero-order valence-electron chi connectivity index (χ0n) is 12.9. The summed E-state index contributed by atoms with van der Waals surface area (Å²) in [6.45, 7) is 3.71. The Balaban J connectivity index is 2.32. The van der Waals surface area contributed by atoms with Crippen LogP contribution in [0.5, 0.6) is 0 Å².